The Kier molecular flexibility index (Phi) is 5.50. The molecular weight excluding hydrogens is 378 g/mol. The molecule has 2 aromatic rings. The number of carbonyl (C=O) groups excluding carboxylic acids is 1. The molecule has 0 spiro atoms. The second-order valence-corrected chi connectivity index (χ2v) is 8.80. The molecule has 2 aliphatic carbocycles. The summed E-state index contributed by atoms with van der Waals surface area (Å²) in [5.74, 6) is 0.426. The van der Waals surface area contributed by atoms with Crippen LogP contribution in [0.25, 0.3) is 10.2 Å². The van der Waals surface area contributed by atoms with Gasteiger partial charge in [-0.2, -0.15) is 0 Å². The van der Waals surface area contributed by atoms with Crippen molar-refractivity contribution in [3.63, 3.8) is 0 Å². The van der Waals surface area contributed by atoms with Crippen LogP contribution in [-0.2, 0) is 11.3 Å². The molecular formula is C20H23N3O2S2. The van der Waals surface area contributed by atoms with Gasteiger partial charge in [0, 0.05) is 18.3 Å². The molecule has 0 aliphatic heterocycles. The summed E-state index contributed by atoms with van der Waals surface area (Å²) < 4.78 is 1.61. The summed E-state index contributed by atoms with van der Waals surface area (Å²) in [5.41, 5.74) is 1.13. The summed E-state index contributed by atoms with van der Waals surface area (Å²) >= 11 is 2.81. The van der Waals surface area contributed by atoms with Crippen molar-refractivity contribution < 1.29 is 4.79 Å². The zero-order valence-electron chi connectivity index (χ0n) is 15.2. The third-order valence-corrected chi connectivity index (χ3v) is 6.71. The van der Waals surface area contributed by atoms with Crippen molar-refractivity contribution in [2.45, 2.75) is 56.3 Å². The average molecular weight is 402 g/mol. The van der Waals surface area contributed by atoms with Gasteiger partial charge < -0.3 is 4.90 Å². The van der Waals surface area contributed by atoms with Crippen LogP contribution in [0.15, 0.2) is 45.8 Å². The SMILES string of the molecule is C=CCn1c(SCC(=O)N(C2=CCCCC2)C2CC2)nc2sccc2c1=O. The zero-order valence-corrected chi connectivity index (χ0v) is 16.9. The second kappa shape index (κ2) is 8.02. The topological polar surface area (TPSA) is 55.2 Å². The molecule has 0 bridgehead atoms. The fraction of sp³-hybridized carbons (Fsp3) is 0.450. The third kappa shape index (κ3) is 3.89. The lowest BCUT2D eigenvalue weighted by atomic mass is 10.0. The minimum atomic E-state index is -0.0647. The second-order valence-electron chi connectivity index (χ2n) is 6.96. The van der Waals surface area contributed by atoms with Crippen LogP contribution in [-0.4, -0.2) is 32.2 Å². The van der Waals surface area contributed by atoms with Crippen LogP contribution in [0.2, 0.25) is 0 Å². The number of nitrogens with zero attached hydrogens (tertiary/aromatic N) is 3. The van der Waals surface area contributed by atoms with Gasteiger partial charge in [-0.25, -0.2) is 4.98 Å². The molecule has 1 saturated carbocycles. The van der Waals surface area contributed by atoms with Crippen LogP contribution in [0.5, 0.6) is 0 Å². The van der Waals surface area contributed by atoms with Gasteiger partial charge in [0.05, 0.1) is 11.1 Å². The van der Waals surface area contributed by atoms with Gasteiger partial charge >= 0.3 is 0 Å². The molecule has 4 rings (SSSR count). The molecule has 2 heterocycles. The molecule has 0 atom stereocenters. The van der Waals surface area contributed by atoms with Crippen molar-refractivity contribution in [1.82, 2.24) is 14.5 Å². The molecule has 1 fully saturated rings. The van der Waals surface area contributed by atoms with E-state index in [1.54, 1.807) is 16.7 Å². The monoisotopic (exact) mass is 401 g/mol. The van der Waals surface area contributed by atoms with Crippen LogP contribution in [0, 0.1) is 0 Å². The van der Waals surface area contributed by atoms with Gasteiger partial charge in [-0.15, -0.1) is 17.9 Å². The van der Waals surface area contributed by atoms with Crippen LogP contribution in [0.3, 0.4) is 0 Å². The highest BCUT2D eigenvalue weighted by Crippen LogP contribution is 2.34. The summed E-state index contributed by atoms with van der Waals surface area (Å²) in [6, 6.07) is 2.17. The number of amides is 1. The number of rotatable bonds is 7. The van der Waals surface area contributed by atoms with E-state index in [9.17, 15) is 9.59 Å². The quantitative estimate of drug-likeness (QED) is 0.397. The maximum Gasteiger partial charge on any atom is 0.263 e. The Bertz CT molecular complexity index is 956. The number of hydrogen-bond donors (Lipinski definition) is 0. The molecule has 2 aromatic heterocycles. The first-order valence-electron chi connectivity index (χ1n) is 9.42. The van der Waals surface area contributed by atoms with Crippen molar-refractivity contribution in [1.29, 1.82) is 0 Å². The Morgan fingerprint density at radius 1 is 1.44 bits per heavy atom. The maximum atomic E-state index is 13.0. The van der Waals surface area contributed by atoms with E-state index in [2.05, 4.69) is 17.6 Å². The fourth-order valence-electron chi connectivity index (χ4n) is 3.50. The third-order valence-electron chi connectivity index (χ3n) is 4.94. The highest BCUT2D eigenvalue weighted by molar-refractivity contribution is 7.99. The van der Waals surface area contributed by atoms with Gasteiger partial charge in [0.1, 0.15) is 4.83 Å². The number of thioether (sulfide) groups is 1. The molecule has 2 aliphatic rings. The van der Waals surface area contributed by atoms with Gasteiger partial charge in [0.15, 0.2) is 5.16 Å². The smallest absolute Gasteiger partial charge is 0.263 e. The van der Waals surface area contributed by atoms with E-state index in [1.807, 2.05) is 10.3 Å². The number of fused-ring (bicyclic) bond motifs is 1. The lowest BCUT2D eigenvalue weighted by Gasteiger charge is -2.27. The zero-order chi connectivity index (χ0) is 18.8. The average Bonchev–Trinajstić information content (AvgIpc) is 3.39. The predicted molar refractivity (Wildman–Crippen MR) is 111 cm³/mol. The van der Waals surface area contributed by atoms with Gasteiger partial charge in [0.25, 0.3) is 5.56 Å². The number of thiophene rings is 1. The molecule has 142 valence electrons. The minimum absolute atomic E-state index is 0.0647. The molecule has 27 heavy (non-hydrogen) atoms. The first-order chi connectivity index (χ1) is 13.2. The van der Waals surface area contributed by atoms with Gasteiger partial charge in [-0.05, 0) is 50.0 Å². The van der Waals surface area contributed by atoms with Gasteiger partial charge in [-0.1, -0.05) is 23.9 Å². The highest BCUT2D eigenvalue weighted by Gasteiger charge is 2.35. The fourth-order valence-corrected chi connectivity index (χ4v) is 5.17. The van der Waals surface area contributed by atoms with E-state index >= 15 is 0 Å². The van der Waals surface area contributed by atoms with E-state index in [0.717, 1.165) is 36.9 Å². The molecule has 0 saturated heterocycles. The summed E-state index contributed by atoms with van der Waals surface area (Å²) in [5, 5.41) is 3.10. The number of aromatic nitrogens is 2. The number of hydrogen-bond acceptors (Lipinski definition) is 5. The van der Waals surface area contributed by atoms with Crippen molar-refractivity contribution in [2.75, 3.05) is 5.75 Å². The minimum Gasteiger partial charge on any atom is -0.313 e. The lowest BCUT2D eigenvalue weighted by Crippen LogP contribution is -2.34. The van der Waals surface area contributed by atoms with Crippen molar-refractivity contribution in [3.05, 3.63) is 46.2 Å². The Hall–Kier alpha value is -1.86. The normalized spacial score (nSPS) is 17.0. The van der Waals surface area contributed by atoms with Crippen molar-refractivity contribution in [3.8, 4) is 0 Å². The van der Waals surface area contributed by atoms with Crippen LogP contribution >= 0.6 is 23.1 Å². The van der Waals surface area contributed by atoms with Crippen LogP contribution < -0.4 is 5.56 Å². The summed E-state index contributed by atoms with van der Waals surface area (Å²) in [7, 11) is 0. The first-order valence-corrected chi connectivity index (χ1v) is 11.3. The molecule has 0 aromatic carbocycles. The van der Waals surface area contributed by atoms with E-state index < -0.39 is 0 Å². The highest BCUT2D eigenvalue weighted by atomic mass is 32.2. The maximum absolute atomic E-state index is 13.0. The molecule has 1 amide bonds. The molecule has 0 N–H and O–H groups in total. The van der Waals surface area contributed by atoms with Gasteiger partial charge in [0.2, 0.25) is 5.91 Å². The number of carbonyl (C=O) groups is 1. The van der Waals surface area contributed by atoms with Gasteiger partial charge in [-0.3, -0.25) is 14.2 Å². The predicted octanol–water partition coefficient (Wildman–Crippen LogP) is 4.19. The molecule has 7 heteroatoms. The van der Waals surface area contributed by atoms with E-state index in [-0.39, 0.29) is 11.5 Å². The first kappa shape index (κ1) is 18.5. The van der Waals surface area contributed by atoms with E-state index in [0.29, 0.717) is 28.9 Å². The number of allylic oxidation sites excluding steroid dienone is 3. The Balaban J connectivity index is 1.56. The van der Waals surface area contributed by atoms with E-state index in [4.69, 9.17) is 0 Å². The Morgan fingerprint density at radius 2 is 2.30 bits per heavy atom. The molecule has 0 unspecified atom stereocenters. The van der Waals surface area contributed by atoms with Crippen molar-refractivity contribution in [2.24, 2.45) is 0 Å². The molecule has 5 nitrogen and oxygen atoms in total. The van der Waals surface area contributed by atoms with Crippen LogP contribution in [0.4, 0.5) is 0 Å². The molecule has 0 radical (unpaired) electrons. The van der Waals surface area contributed by atoms with Crippen LogP contribution in [0.1, 0.15) is 38.5 Å². The standard InChI is InChI=1S/C20H23N3O2S2/c1-2-11-22-19(25)16-10-12-26-18(16)21-20(22)27-13-17(24)23(15-8-9-15)14-6-4-3-5-7-14/h2,6,10,12,15H,1,3-5,7-9,11,13H2. The Morgan fingerprint density at radius 3 is 3.00 bits per heavy atom. The summed E-state index contributed by atoms with van der Waals surface area (Å²) in [6.07, 6.45) is 10.5. The van der Waals surface area contributed by atoms with Crippen molar-refractivity contribution >= 4 is 39.2 Å². The lowest BCUT2D eigenvalue weighted by molar-refractivity contribution is -0.127. The summed E-state index contributed by atoms with van der Waals surface area (Å²) in [6.45, 7) is 4.14. The largest absolute Gasteiger partial charge is 0.313 e. The summed E-state index contributed by atoms with van der Waals surface area (Å²) in [4.78, 5) is 33.1. The van der Waals surface area contributed by atoms with E-state index in [1.165, 1.54) is 35.2 Å². The Labute approximate surface area is 166 Å².